The van der Waals surface area contributed by atoms with Crippen LogP contribution < -0.4 is 4.90 Å². The average molecular weight is 564 g/mol. The van der Waals surface area contributed by atoms with E-state index < -0.39 is 23.4 Å². The molecule has 3 atom stereocenters. The summed E-state index contributed by atoms with van der Waals surface area (Å²) in [5.41, 5.74) is 2.98. The molecule has 1 aliphatic carbocycles. The Morgan fingerprint density at radius 1 is 0.925 bits per heavy atom. The van der Waals surface area contributed by atoms with Crippen molar-refractivity contribution in [1.29, 1.82) is 0 Å². The fourth-order valence-electron chi connectivity index (χ4n) is 6.97. The number of hydrogen-bond acceptors (Lipinski definition) is 5. The van der Waals surface area contributed by atoms with Crippen LogP contribution in [0.3, 0.4) is 0 Å². The SMILES string of the molecule is CC(C)c1ccc([C@H]2[C@H](C(=O)c3cccs3)N3c4ccc(Cl)cc4C=C[C@H]3C23C(=O)c2ccccc2C3=O)cc1. The first-order chi connectivity index (χ1) is 19.3. The summed E-state index contributed by atoms with van der Waals surface area (Å²) < 4.78 is 0. The lowest BCUT2D eigenvalue weighted by atomic mass is 9.64. The zero-order valence-electron chi connectivity index (χ0n) is 22.0. The second kappa shape index (κ2) is 9.12. The predicted octanol–water partition coefficient (Wildman–Crippen LogP) is 7.84. The van der Waals surface area contributed by atoms with Gasteiger partial charge in [-0.3, -0.25) is 14.4 Å². The van der Waals surface area contributed by atoms with Crippen LogP contribution in [0.5, 0.6) is 0 Å². The Labute approximate surface area is 241 Å². The lowest BCUT2D eigenvalue weighted by molar-refractivity contribution is 0.0666. The van der Waals surface area contributed by atoms with Crippen LogP contribution in [0.25, 0.3) is 6.08 Å². The largest absolute Gasteiger partial charge is 0.352 e. The number of nitrogens with zero attached hydrogens (tertiary/aromatic N) is 1. The highest BCUT2D eigenvalue weighted by molar-refractivity contribution is 7.12. The Balaban J connectivity index is 1.54. The molecule has 0 radical (unpaired) electrons. The maximum atomic E-state index is 14.7. The average Bonchev–Trinajstić information content (AvgIpc) is 3.66. The zero-order valence-corrected chi connectivity index (χ0v) is 23.6. The molecular formula is C34H26ClNO3S. The molecule has 0 unspecified atom stereocenters. The van der Waals surface area contributed by atoms with Crippen molar-refractivity contribution in [2.24, 2.45) is 5.41 Å². The molecule has 0 bridgehead atoms. The third-order valence-electron chi connectivity index (χ3n) is 8.76. The van der Waals surface area contributed by atoms with E-state index in [0.29, 0.717) is 26.9 Å². The Morgan fingerprint density at radius 3 is 2.25 bits per heavy atom. The van der Waals surface area contributed by atoms with Crippen LogP contribution in [0.4, 0.5) is 5.69 Å². The number of fused-ring (bicyclic) bond motifs is 5. The van der Waals surface area contributed by atoms with Gasteiger partial charge in [-0.1, -0.05) is 92.2 Å². The number of thiophene rings is 1. The number of hydrogen-bond donors (Lipinski definition) is 0. The standard InChI is InChI=1S/C34H26ClNO3S/c1-19(2)20-9-11-21(12-10-20)29-30(31(37)27-8-5-17-40-27)36-26-15-14-23(35)18-22(26)13-16-28(36)34(29)32(38)24-6-3-4-7-25(24)33(34)39/h3-19,28-30H,1-2H3/t28-,29-,30+/m0/s1. The number of anilines is 1. The number of halogens is 1. The highest BCUT2D eigenvalue weighted by Crippen LogP contribution is 2.61. The predicted molar refractivity (Wildman–Crippen MR) is 160 cm³/mol. The fourth-order valence-corrected chi connectivity index (χ4v) is 7.85. The van der Waals surface area contributed by atoms with E-state index in [9.17, 15) is 14.4 Å². The Kier molecular flexibility index (Phi) is 5.74. The van der Waals surface area contributed by atoms with E-state index in [1.165, 1.54) is 11.3 Å². The maximum Gasteiger partial charge on any atom is 0.195 e. The molecule has 7 rings (SSSR count). The van der Waals surface area contributed by atoms with E-state index in [0.717, 1.165) is 22.4 Å². The minimum atomic E-state index is -1.49. The first kappa shape index (κ1) is 25.2. The van der Waals surface area contributed by atoms with Crippen LogP contribution in [0.1, 0.15) is 72.8 Å². The summed E-state index contributed by atoms with van der Waals surface area (Å²) in [7, 11) is 0. The van der Waals surface area contributed by atoms with Gasteiger partial charge >= 0.3 is 0 Å². The summed E-state index contributed by atoms with van der Waals surface area (Å²) in [4.78, 5) is 46.5. The molecule has 198 valence electrons. The highest BCUT2D eigenvalue weighted by atomic mass is 35.5. The van der Waals surface area contributed by atoms with Gasteiger partial charge in [-0.05, 0) is 52.3 Å². The molecular weight excluding hydrogens is 538 g/mol. The van der Waals surface area contributed by atoms with Gasteiger partial charge in [0, 0.05) is 27.8 Å². The van der Waals surface area contributed by atoms with E-state index in [1.54, 1.807) is 30.3 Å². The molecule has 1 aromatic heterocycles. The van der Waals surface area contributed by atoms with Gasteiger partial charge in [0.05, 0.1) is 10.9 Å². The van der Waals surface area contributed by atoms with Crippen molar-refractivity contribution < 1.29 is 14.4 Å². The molecule has 6 heteroatoms. The quantitative estimate of drug-likeness (QED) is 0.187. The molecule has 3 aromatic carbocycles. The maximum absolute atomic E-state index is 14.7. The normalized spacial score (nSPS) is 22.1. The van der Waals surface area contributed by atoms with Crippen molar-refractivity contribution in [2.75, 3.05) is 4.90 Å². The molecule has 1 spiro atoms. The summed E-state index contributed by atoms with van der Waals surface area (Å²) in [5.74, 6) is -0.913. The van der Waals surface area contributed by atoms with E-state index in [2.05, 4.69) is 26.0 Å². The first-order valence-electron chi connectivity index (χ1n) is 13.5. The van der Waals surface area contributed by atoms with Crippen LogP contribution in [-0.2, 0) is 0 Å². The Morgan fingerprint density at radius 2 is 1.62 bits per heavy atom. The molecule has 0 N–H and O–H groups in total. The lowest BCUT2D eigenvalue weighted by Crippen LogP contribution is -2.48. The first-order valence-corrected chi connectivity index (χ1v) is 14.7. The van der Waals surface area contributed by atoms with Crippen LogP contribution in [0.2, 0.25) is 5.02 Å². The third-order valence-corrected chi connectivity index (χ3v) is 9.88. The summed E-state index contributed by atoms with van der Waals surface area (Å²) in [5, 5.41) is 2.46. The van der Waals surface area contributed by atoms with Crippen molar-refractivity contribution in [1.82, 2.24) is 0 Å². The molecule has 0 amide bonds. The van der Waals surface area contributed by atoms with Crippen LogP contribution in [-0.4, -0.2) is 29.4 Å². The van der Waals surface area contributed by atoms with Gasteiger partial charge in [0.15, 0.2) is 17.3 Å². The summed E-state index contributed by atoms with van der Waals surface area (Å²) in [6.45, 7) is 4.26. The van der Waals surface area contributed by atoms with Crippen LogP contribution >= 0.6 is 22.9 Å². The van der Waals surface area contributed by atoms with Gasteiger partial charge in [-0.2, -0.15) is 0 Å². The molecule has 40 heavy (non-hydrogen) atoms. The molecule has 4 nitrogen and oxygen atoms in total. The van der Waals surface area contributed by atoms with E-state index in [4.69, 9.17) is 11.6 Å². The van der Waals surface area contributed by atoms with Crippen LogP contribution in [0.15, 0.2) is 90.3 Å². The number of benzene rings is 3. The van der Waals surface area contributed by atoms with Crippen molar-refractivity contribution in [3.05, 3.63) is 128 Å². The zero-order chi connectivity index (χ0) is 27.8. The molecule has 4 aromatic rings. The van der Waals surface area contributed by atoms with Crippen molar-refractivity contribution in [3.63, 3.8) is 0 Å². The van der Waals surface area contributed by atoms with Gasteiger partial charge < -0.3 is 4.90 Å². The molecule has 1 saturated heterocycles. The fraction of sp³-hybridized carbons (Fsp3) is 0.206. The topological polar surface area (TPSA) is 54.5 Å². The number of carbonyl (C=O) groups excluding carboxylic acids is 3. The third kappa shape index (κ3) is 3.34. The van der Waals surface area contributed by atoms with Gasteiger partial charge in [-0.25, -0.2) is 0 Å². The minimum absolute atomic E-state index is 0.0948. The van der Waals surface area contributed by atoms with Gasteiger partial charge in [-0.15, -0.1) is 11.3 Å². The van der Waals surface area contributed by atoms with Gasteiger partial charge in [0.25, 0.3) is 0 Å². The summed E-state index contributed by atoms with van der Waals surface area (Å²) >= 11 is 7.75. The second-order valence-corrected chi connectivity index (χ2v) is 12.5. The van der Waals surface area contributed by atoms with Crippen molar-refractivity contribution >= 4 is 52.1 Å². The number of rotatable bonds is 4. The van der Waals surface area contributed by atoms with Crippen LogP contribution in [0, 0.1) is 5.41 Å². The molecule has 1 fully saturated rings. The number of carbonyl (C=O) groups is 3. The second-order valence-electron chi connectivity index (χ2n) is 11.1. The molecule has 0 saturated carbocycles. The summed E-state index contributed by atoms with van der Waals surface area (Å²) in [6, 6.07) is 23.0. The smallest absolute Gasteiger partial charge is 0.195 e. The van der Waals surface area contributed by atoms with Gasteiger partial charge in [0.1, 0.15) is 11.5 Å². The van der Waals surface area contributed by atoms with Gasteiger partial charge in [0.2, 0.25) is 0 Å². The lowest BCUT2D eigenvalue weighted by Gasteiger charge is -2.37. The van der Waals surface area contributed by atoms with E-state index in [-0.39, 0.29) is 17.3 Å². The van der Waals surface area contributed by atoms with Crippen molar-refractivity contribution in [3.8, 4) is 0 Å². The Bertz CT molecular complexity index is 1690. The molecule has 2 aliphatic heterocycles. The monoisotopic (exact) mass is 563 g/mol. The Hall–Kier alpha value is -3.80. The van der Waals surface area contributed by atoms with E-state index in [1.807, 2.05) is 58.8 Å². The molecule has 3 aliphatic rings. The molecule has 3 heterocycles. The summed E-state index contributed by atoms with van der Waals surface area (Å²) in [6.07, 6.45) is 3.86. The van der Waals surface area contributed by atoms with Crippen molar-refractivity contribution in [2.45, 2.75) is 37.8 Å². The number of ketones is 3. The highest BCUT2D eigenvalue weighted by Gasteiger charge is 2.71. The number of Topliss-reactive ketones (excluding diaryl/α,β-unsaturated/α-hetero) is 3. The van der Waals surface area contributed by atoms with E-state index >= 15 is 0 Å². The minimum Gasteiger partial charge on any atom is -0.352 e.